The van der Waals surface area contributed by atoms with Crippen molar-refractivity contribution in [2.45, 2.75) is 13.8 Å². The van der Waals surface area contributed by atoms with E-state index in [9.17, 15) is 4.57 Å². The number of benzene rings is 2. The Hall–Kier alpha value is -3.48. The lowest BCUT2D eigenvalue weighted by molar-refractivity contribution is 0.580. The van der Waals surface area contributed by atoms with Crippen LogP contribution in [0.3, 0.4) is 0 Å². The molecular formula is C27H32N7OP. The maximum Gasteiger partial charge on any atom is 0.229 e. The van der Waals surface area contributed by atoms with E-state index in [1.54, 1.807) is 19.7 Å². The third-order valence-corrected chi connectivity index (χ3v) is 8.05. The van der Waals surface area contributed by atoms with Gasteiger partial charge in [0.25, 0.3) is 0 Å². The van der Waals surface area contributed by atoms with Crippen LogP contribution in [-0.2, 0) is 4.57 Å². The Morgan fingerprint density at radius 3 is 2.36 bits per heavy atom. The second-order valence-electron chi connectivity index (χ2n) is 9.58. The van der Waals surface area contributed by atoms with Crippen LogP contribution < -0.4 is 20.8 Å². The van der Waals surface area contributed by atoms with Crippen molar-refractivity contribution in [2.75, 3.05) is 49.7 Å². The molecule has 0 amide bonds. The zero-order valence-electron chi connectivity index (χ0n) is 21.2. The summed E-state index contributed by atoms with van der Waals surface area (Å²) in [4.78, 5) is 16.7. The van der Waals surface area contributed by atoms with E-state index >= 15 is 0 Å². The molecule has 0 radical (unpaired) electrons. The fourth-order valence-corrected chi connectivity index (χ4v) is 5.26. The largest absolute Gasteiger partial charge is 0.338 e. The van der Waals surface area contributed by atoms with Gasteiger partial charge in [0.05, 0.1) is 0 Å². The lowest BCUT2D eigenvalue weighted by atomic mass is 10.0. The summed E-state index contributed by atoms with van der Waals surface area (Å²) < 4.78 is 14.4. The molecule has 186 valence electrons. The smallest absolute Gasteiger partial charge is 0.229 e. The minimum absolute atomic E-state index is 0.650. The van der Waals surface area contributed by atoms with E-state index in [1.165, 1.54) is 16.7 Å². The van der Waals surface area contributed by atoms with E-state index in [0.29, 0.717) is 17.3 Å². The van der Waals surface area contributed by atoms with Crippen LogP contribution in [0.15, 0.2) is 48.8 Å². The fraction of sp³-hybridized carbons (Fsp3) is 0.296. The Kier molecular flexibility index (Phi) is 6.65. The van der Waals surface area contributed by atoms with E-state index < -0.39 is 7.14 Å². The number of aryl methyl sites for hydroxylation is 2. The van der Waals surface area contributed by atoms with Crippen molar-refractivity contribution in [3.63, 3.8) is 0 Å². The maximum absolute atomic E-state index is 12.4. The Morgan fingerprint density at radius 2 is 1.69 bits per heavy atom. The van der Waals surface area contributed by atoms with Gasteiger partial charge in [-0.25, -0.2) is 4.98 Å². The van der Waals surface area contributed by atoms with Gasteiger partial charge in [-0.3, -0.25) is 4.57 Å². The fourth-order valence-electron chi connectivity index (χ4n) is 4.39. The summed E-state index contributed by atoms with van der Waals surface area (Å²) in [6.07, 6.45) is 5.90. The highest BCUT2D eigenvalue weighted by Crippen LogP contribution is 2.35. The number of anilines is 3. The van der Waals surface area contributed by atoms with Gasteiger partial charge >= 0.3 is 0 Å². The van der Waals surface area contributed by atoms with Crippen LogP contribution in [0.1, 0.15) is 16.7 Å². The van der Waals surface area contributed by atoms with Gasteiger partial charge in [-0.1, -0.05) is 18.2 Å². The Labute approximate surface area is 211 Å². The van der Waals surface area contributed by atoms with Crippen LogP contribution in [-0.4, -0.2) is 59.0 Å². The molecular weight excluding hydrogens is 469 g/mol. The van der Waals surface area contributed by atoms with Crippen LogP contribution in [0, 0.1) is 13.8 Å². The number of piperazine rings is 1. The minimum Gasteiger partial charge on any atom is -0.338 e. The number of aromatic nitrogens is 4. The summed E-state index contributed by atoms with van der Waals surface area (Å²) in [5, 5.41) is 7.66. The van der Waals surface area contributed by atoms with E-state index in [4.69, 9.17) is 9.97 Å². The number of nitrogens with one attached hydrogen (secondary N) is 2. The highest BCUT2D eigenvalue weighted by atomic mass is 31.2. The summed E-state index contributed by atoms with van der Waals surface area (Å²) in [6, 6.07) is 14.0. The normalized spacial score (nSPS) is 14.6. The lowest BCUT2D eigenvalue weighted by Crippen LogP contribution is -2.44. The van der Waals surface area contributed by atoms with Crippen molar-refractivity contribution in [3.8, 4) is 0 Å². The molecule has 3 heterocycles. The molecule has 0 saturated carbocycles. The second-order valence-corrected chi connectivity index (χ2v) is 12.8. The van der Waals surface area contributed by atoms with Gasteiger partial charge in [-0.15, -0.1) is 0 Å². The monoisotopic (exact) mass is 501 g/mol. The summed E-state index contributed by atoms with van der Waals surface area (Å²) >= 11 is 0. The maximum atomic E-state index is 12.4. The molecule has 9 heteroatoms. The molecule has 0 bridgehead atoms. The zero-order chi connectivity index (χ0) is 25.3. The van der Waals surface area contributed by atoms with E-state index in [1.807, 2.05) is 35.0 Å². The van der Waals surface area contributed by atoms with Crippen LogP contribution in [0.25, 0.3) is 23.4 Å². The summed E-state index contributed by atoms with van der Waals surface area (Å²) in [5.74, 6) is 1.33. The van der Waals surface area contributed by atoms with E-state index in [2.05, 4.69) is 58.6 Å². The highest BCUT2D eigenvalue weighted by Gasteiger charge is 2.19. The molecule has 1 aliphatic heterocycles. The topological polar surface area (TPSA) is 88.0 Å². The third kappa shape index (κ3) is 5.06. The molecule has 2 aromatic carbocycles. The van der Waals surface area contributed by atoms with Gasteiger partial charge in [0.15, 0.2) is 17.0 Å². The molecule has 0 aliphatic carbocycles. The summed E-state index contributed by atoms with van der Waals surface area (Å²) in [6.45, 7) is 11.3. The lowest BCUT2D eigenvalue weighted by Gasteiger charge is -2.27. The molecule has 1 aliphatic rings. The molecule has 2 N–H and O–H groups in total. The summed E-state index contributed by atoms with van der Waals surface area (Å²) in [7, 11) is -2.31. The van der Waals surface area contributed by atoms with Crippen molar-refractivity contribution in [2.24, 2.45) is 0 Å². The van der Waals surface area contributed by atoms with Crippen LogP contribution in [0.2, 0.25) is 0 Å². The quantitative estimate of drug-likeness (QED) is 0.377. The molecule has 5 rings (SSSR count). The molecule has 0 unspecified atom stereocenters. The first kappa shape index (κ1) is 24.2. The minimum atomic E-state index is -2.31. The Balaban J connectivity index is 1.55. The predicted molar refractivity (Wildman–Crippen MR) is 150 cm³/mol. The number of hydrogen-bond acceptors (Lipinski definition) is 7. The first-order valence-electron chi connectivity index (χ1n) is 12.2. The van der Waals surface area contributed by atoms with Gasteiger partial charge in [0, 0.05) is 43.4 Å². The van der Waals surface area contributed by atoms with E-state index in [-0.39, 0.29) is 0 Å². The summed E-state index contributed by atoms with van der Waals surface area (Å²) in [5.41, 5.74) is 5.94. The average molecular weight is 502 g/mol. The zero-order valence-corrected chi connectivity index (χ0v) is 22.1. The average Bonchev–Trinajstić information content (AvgIpc) is 3.27. The van der Waals surface area contributed by atoms with Crippen LogP contribution >= 0.6 is 7.14 Å². The Bertz CT molecular complexity index is 1440. The van der Waals surface area contributed by atoms with Crippen LogP contribution in [0.4, 0.5) is 17.5 Å². The van der Waals surface area contributed by atoms with Gasteiger partial charge in [-0.05, 0) is 74.2 Å². The number of rotatable bonds is 6. The molecule has 1 saturated heterocycles. The Morgan fingerprint density at radius 1 is 1.00 bits per heavy atom. The van der Waals surface area contributed by atoms with Crippen molar-refractivity contribution >= 4 is 53.3 Å². The van der Waals surface area contributed by atoms with Crippen molar-refractivity contribution in [1.29, 1.82) is 0 Å². The first-order chi connectivity index (χ1) is 17.3. The number of hydrogen-bond donors (Lipinski definition) is 2. The third-order valence-electron chi connectivity index (χ3n) is 6.51. The number of nitrogens with zero attached hydrogens (tertiary/aromatic N) is 5. The molecule has 1 fully saturated rings. The van der Waals surface area contributed by atoms with E-state index in [0.717, 1.165) is 42.8 Å². The second kappa shape index (κ2) is 9.88. The van der Waals surface area contributed by atoms with Gasteiger partial charge < -0.3 is 20.1 Å². The van der Waals surface area contributed by atoms with Gasteiger partial charge in [-0.2, -0.15) is 9.97 Å². The molecule has 4 aromatic rings. The molecule has 36 heavy (non-hydrogen) atoms. The van der Waals surface area contributed by atoms with Crippen LogP contribution in [0.5, 0.6) is 0 Å². The molecule has 2 aromatic heterocycles. The van der Waals surface area contributed by atoms with Crippen molar-refractivity contribution in [3.05, 3.63) is 65.5 Å². The SMILES string of the molecule is Cc1cccc(C)c1/C=C/n1cnc2c(Nc3ccc(P(C)(C)=O)cc3)nc(N3CCNCC3)nc21. The molecule has 8 nitrogen and oxygen atoms in total. The number of fused-ring (bicyclic) bond motifs is 1. The predicted octanol–water partition coefficient (Wildman–Crippen LogP) is 4.47. The number of imidazole rings is 1. The first-order valence-corrected chi connectivity index (χ1v) is 14.8. The standard InChI is InChI=1S/C27H32N7OP/c1-19-6-5-7-20(2)23(19)12-15-34-18-29-24-25(30-21-8-10-22(11-9-21)36(3,4)35)31-27(32-26(24)34)33-16-13-28-14-17-33/h5-12,15,18,28H,13-14,16-17H2,1-4H3,(H,30,31,32)/b15-12+. The van der Waals surface area contributed by atoms with Crippen molar-refractivity contribution < 1.29 is 4.57 Å². The van der Waals surface area contributed by atoms with Gasteiger partial charge in [0.1, 0.15) is 13.5 Å². The van der Waals surface area contributed by atoms with Gasteiger partial charge in [0.2, 0.25) is 5.95 Å². The molecule has 0 spiro atoms. The molecule has 0 atom stereocenters. The van der Waals surface area contributed by atoms with Crippen molar-refractivity contribution in [1.82, 2.24) is 24.8 Å². The highest BCUT2D eigenvalue weighted by molar-refractivity contribution is 7.70.